The van der Waals surface area contributed by atoms with E-state index in [1.807, 2.05) is 0 Å². The van der Waals surface area contributed by atoms with E-state index in [1.165, 1.54) is 31.1 Å². The van der Waals surface area contributed by atoms with Gasteiger partial charge in [0.2, 0.25) is 0 Å². The van der Waals surface area contributed by atoms with Gasteiger partial charge in [0.05, 0.1) is 0 Å². The molecule has 64 valence electrons. The molecule has 0 aromatic carbocycles. The van der Waals surface area contributed by atoms with Crippen molar-refractivity contribution < 1.29 is 0 Å². The molecule has 2 nitrogen and oxygen atoms in total. The van der Waals surface area contributed by atoms with Gasteiger partial charge in [-0.1, -0.05) is 0 Å². The standard InChI is InChI=1S/C8H16N2S/c1-7-6-11-3-2-10(7)8-4-9-5-8/h7-9H,2-6H2,1H3. The molecule has 2 rings (SSSR count). The smallest absolute Gasteiger partial charge is 0.0348 e. The fourth-order valence-corrected chi connectivity index (χ4v) is 2.83. The highest BCUT2D eigenvalue weighted by Crippen LogP contribution is 2.19. The lowest BCUT2D eigenvalue weighted by Crippen LogP contribution is -2.61. The van der Waals surface area contributed by atoms with Gasteiger partial charge in [0.1, 0.15) is 0 Å². The van der Waals surface area contributed by atoms with Crippen LogP contribution in [0.5, 0.6) is 0 Å². The summed E-state index contributed by atoms with van der Waals surface area (Å²) in [5.74, 6) is 2.66. The lowest BCUT2D eigenvalue weighted by Gasteiger charge is -2.43. The summed E-state index contributed by atoms with van der Waals surface area (Å²) in [5, 5.41) is 3.33. The Balaban J connectivity index is 1.88. The van der Waals surface area contributed by atoms with Crippen molar-refractivity contribution in [2.24, 2.45) is 0 Å². The molecular formula is C8H16N2S. The molecule has 2 fully saturated rings. The molecule has 3 heteroatoms. The summed E-state index contributed by atoms with van der Waals surface area (Å²) in [6.07, 6.45) is 0. The van der Waals surface area contributed by atoms with E-state index in [-0.39, 0.29) is 0 Å². The number of hydrogen-bond donors (Lipinski definition) is 1. The third-order valence-electron chi connectivity index (χ3n) is 2.65. The molecule has 0 aromatic heterocycles. The van der Waals surface area contributed by atoms with Crippen molar-refractivity contribution in [3.8, 4) is 0 Å². The predicted octanol–water partition coefficient (Wildman–Crippen LogP) is 0.396. The van der Waals surface area contributed by atoms with E-state index >= 15 is 0 Å². The molecule has 0 radical (unpaired) electrons. The molecule has 11 heavy (non-hydrogen) atoms. The van der Waals surface area contributed by atoms with Crippen LogP contribution in [0.25, 0.3) is 0 Å². The highest BCUT2D eigenvalue weighted by atomic mass is 32.2. The van der Waals surface area contributed by atoms with Crippen molar-refractivity contribution >= 4 is 11.8 Å². The van der Waals surface area contributed by atoms with E-state index in [9.17, 15) is 0 Å². The second-order valence-corrected chi connectivity index (χ2v) is 4.62. The molecule has 0 amide bonds. The zero-order chi connectivity index (χ0) is 7.68. The van der Waals surface area contributed by atoms with Gasteiger partial charge in [-0.3, -0.25) is 4.90 Å². The monoisotopic (exact) mass is 172 g/mol. The van der Waals surface area contributed by atoms with Gasteiger partial charge in [0, 0.05) is 43.2 Å². The quantitative estimate of drug-likeness (QED) is 0.616. The van der Waals surface area contributed by atoms with Crippen LogP contribution in [-0.2, 0) is 0 Å². The highest BCUT2D eigenvalue weighted by Gasteiger charge is 2.29. The van der Waals surface area contributed by atoms with Crippen LogP contribution < -0.4 is 5.32 Å². The minimum absolute atomic E-state index is 0.806. The highest BCUT2D eigenvalue weighted by molar-refractivity contribution is 7.99. The molecule has 1 N–H and O–H groups in total. The van der Waals surface area contributed by atoms with Gasteiger partial charge in [0.25, 0.3) is 0 Å². The van der Waals surface area contributed by atoms with Crippen molar-refractivity contribution in [3.63, 3.8) is 0 Å². The topological polar surface area (TPSA) is 15.3 Å². The Morgan fingerprint density at radius 3 is 2.82 bits per heavy atom. The fourth-order valence-electron chi connectivity index (χ4n) is 1.79. The maximum absolute atomic E-state index is 3.33. The first-order valence-electron chi connectivity index (χ1n) is 4.42. The van der Waals surface area contributed by atoms with E-state index in [2.05, 4.69) is 28.9 Å². The zero-order valence-electron chi connectivity index (χ0n) is 7.05. The average Bonchev–Trinajstić information content (AvgIpc) is 1.90. The second-order valence-electron chi connectivity index (χ2n) is 3.47. The molecule has 0 bridgehead atoms. The molecule has 1 atom stereocenters. The average molecular weight is 172 g/mol. The van der Waals surface area contributed by atoms with Crippen LogP contribution in [0.2, 0.25) is 0 Å². The SMILES string of the molecule is CC1CSCCN1C1CNC1. The molecule has 2 aliphatic heterocycles. The largest absolute Gasteiger partial charge is 0.314 e. The summed E-state index contributed by atoms with van der Waals surface area (Å²) < 4.78 is 0. The normalized spacial score (nSPS) is 35.2. The van der Waals surface area contributed by atoms with E-state index < -0.39 is 0 Å². The molecule has 2 heterocycles. The maximum Gasteiger partial charge on any atom is 0.0348 e. The summed E-state index contributed by atoms with van der Waals surface area (Å²) >= 11 is 2.10. The van der Waals surface area contributed by atoms with Gasteiger partial charge in [-0.05, 0) is 6.92 Å². The number of nitrogens with zero attached hydrogens (tertiary/aromatic N) is 1. The summed E-state index contributed by atoms with van der Waals surface area (Å²) in [5.41, 5.74) is 0. The summed E-state index contributed by atoms with van der Waals surface area (Å²) in [7, 11) is 0. The van der Waals surface area contributed by atoms with Crippen LogP contribution >= 0.6 is 11.8 Å². The van der Waals surface area contributed by atoms with Crippen LogP contribution in [0.15, 0.2) is 0 Å². The van der Waals surface area contributed by atoms with Gasteiger partial charge < -0.3 is 5.32 Å². The molecule has 0 saturated carbocycles. The summed E-state index contributed by atoms with van der Waals surface area (Å²) in [6, 6.07) is 1.66. The van der Waals surface area contributed by atoms with Gasteiger partial charge in [-0.25, -0.2) is 0 Å². The fraction of sp³-hybridized carbons (Fsp3) is 1.00. The molecular weight excluding hydrogens is 156 g/mol. The van der Waals surface area contributed by atoms with Crippen molar-refractivity contribution in [1.82, 2.24) is 10.2 Å². The first-order chi connectivity index (χ1) is 5.38. The number of hydrogen-bond acceptors (Lipinski definition) is 3. The molecule has 0 aromatic rings. The first-order valence-corrected chi connectivity index (χ1v) is 5.57. The van der Waals surface area contributed by atoms with Crippen molar-refractivity contribution in [2.45, 2.75) is 19.0 Å². The summed E-state index contributed by atoms with van der Waals surface area (Å²) in [4.78, 5) is 2.66. The van der Waals surface area contributed by atoms with Crippen molar-refractivity contribution in [2.75, 3.05) is 31.1 Å². The van der Waals surface area contributed by atoms with Crippen LogP contribution in [-0.4, -0.2) is 48.1 Å². The first kappa shape index (κ1) is 7.90. The Morgan fingerprint density at radius 1 is 1.45 bits per heavy atom. The second kappa shape index (κ2) is 3.33. The lowest BCUT2D eigenvalue weighted by atomic mass is 10.1. The van der Waals surface area contributed by atoms with Crippen molar-refractivity contribution in [1.29, 1.82) is 0 Å². The Kier molecular flexibility index (Phi) is 2.39. The zero-order valence-corrected chi connectivity index (χ0v) is 7.86. The Labute approximate surface area is 72.7 Å². The van der Waals surface area contributed by atoms with Crippen LogP contribution in [0.4, 0.5) is 0 Å². The lowest BCUT2D eigenvalue weighted by molar-refractivity contribution is 0.118. The molecule has 0 spiro atoms. The van der Waals surface area contributed by atoms with Gasteiger partial charge in [-0.2, -0.15) is 11.8 Å². The van der Waals surface area contributed by atoms with E-state index in [0.29, 0.717) is 0 Å². The van der Waals surface area contributed by atoms with Crippen LogP contribution in [0.3, 0.4) is 0 Å². The van der Waals surface area contributed by atoms with E-state index in [4.69, 9.17) is 0 Å². The third-order valence-corrected chi connectivity index (χ3v) is 3.84. The number of thioether (sulfide) groups is 1. The number of rotatable bonds is 1. The molecule has 2 aliphatic rings. The number of nitrogens with one attached hydrogen (secondary N) is 1. The molecule has 0 aliphatic carbocycles. The van der Waals surface area contributed by atoms with E-state index in [1.54, 1.807) is 0 Å². The maximum atomic E-state index is 3.33. The Hall–Kier alpha value is 0.270. The van der Waals surface area contributed by atoms with Gasteiger partial charge >= 0.3 is 0 Å². The third kappa shape index (κ3) is 1.55. The van der Waals surface area contributed by atoms with Gasteiger partial charge in [0.15, 0.2) is 0 Å². The molecule has 1 unspecified atom stereocenters. The Bertz CT molecular complexity index is 134. The van der Waals surface area contributed by atoms with Crippen LogP contribution in [0.1, 0.15) is 6.92 Å². The van der Waals surface area contributed by atoms with Crippen LogP contribution in [0, 0.1) is 0 Å². The Morgan fingerprint density at radius 2 is 2.27 bits per heavy atom. The minimum Gasteiger partial charge on any atom is -0.314 e. The molecule has 2 saturated heterocycles. The van der Waals surface area contributed by atoms with Gasteiger partial charge in [-0.15, -0.1) is 0 Å². The predicted molar refractivity (Wildman–Crippen MR) is 50.2 cm³/mol. The minimum atomic E-state index is 0.806. The van der Waals surface area contributed by atoms with Crippen molar-refractivity contribution in [3.05, 3.63) is 0 Å². The van der Waals surface area contributed by atoms with E-state index in [0.717, 1.165) is 12.1 Å². The summed E-state index contributed by atoms with van der Waals surface area (Å²) in [6.45, 7) is 6.09.